The molecule has 0 spiro atoms. The van der Waals surface area contributed by atoms with Crippen LogP contribution >= 0.6 is 0 Å². The van der Waals surface area contributed by atoms with E-state index in [0.29, 0.717) is 31.9 Å². The van der Waals surface area contributed by atoms with E-state index in [1.54, 1.807) is 30.7 Å². The second-order valence-corrected chi connectivity index (χ2v) is 6.68. The Bertz CT molecular complexity index is 686. The van der Waals surface area contributed by atoms with E-state index < -0.39 is 0 Å². The average Bonchev–Trinajstić information content (AvgIpc) is 2.97. The van der Waals surface area contributed by atoms with Crippen LogP contribution in [-0.4, -0.2) is 70.9 Å². The number of hydrogen-bond donors (Lipinski definition) is 0. The fourth-order valence-electron chi connectivity index (χ4n) is 2.96. The number of fused-ring (bicyclic) bond motifs is 1. The second-order valence-electron chi connectivity index (χ2n) is 6.68. The highest BCUT2D eigenvalue weighted by Crippen LogP contribution is 2.18. The minimum atomic E-state index is 0.000964. The molecule has 0 N–H and O–H groups in total. The molecule has 134 valence electrons. The summed E-state index contributed by atoms with van der Waals surface area (Å²) in [6.07, 6.45) is 5.08. The molecule has 1 aliphatic rings. The van der Waals surface area contributed by atoms with Gasteiger partial charge in [0, 0.05) is 44.1 Å². The van der Waals surface area contributed by atoms with Crippen LogP contribution in [0.2, 0.25) is 0 Å². The Hall–Kier alpha value is -2.25. The molecule has 7 nitrogen and oxygen atoms in total. The minimum absolute atomic E-state index is 0.000964. The van der Waals surface area contributed by atoms with Gasteiger partial charge in [-0.3, -0.25) is 14.5 Å². The molecule has 25 heavy (non-hydrogen) atoms. The first-order chi connectivity index (χ1) is 12.1. The maximum atomic E-state index is 12.9. The maximum Gasteiger partial charge on any atom is 0.255 e. The average molecular weight is 343 g/mol. The molecular weight excluding hydrogens is 318 g/mol. The van der Waals surface area contributed by atoms with E-state index >= 15 is 0 Å². The van der Waals surface area contributed by atoms with Crippen LogP contribution in [0.25, 0.3) is 0 Å². The fraction of sp³-hybridized carbons (Fsp3) is 0.500. The first-order valence-electron chi connectivity index (χ1n) is 8.56. The van der Waals surface area contributed by atoms with E-state index in [1.165, 1.54) is 0 Å². The smallest absolute Gasteiger partial charge is 0.255 e. The van der Waals surface area contributed by atoms with Crippen LogP contribution < -0.4 is 0 Å². The number of aromatic nitrogens is 3. The van der Waals surface area contributed by atoms with E-state index in [4.69, 9.17) is 4.74 Å². The molecule has 0 aliphatic carbocycles. The standard InChI is InChI=1S/C18H25N5O2/c1-21(2)8-9-25-14-15-11-22(13-17-5-7-20-23(17)12-15)18(24)16-4-3-6-19-10-16/h3-7,10,15H,8-9,11-14H2,1-2H3/t15-/m1/s1. The van der Waals surface area contributed by atoms with E-state index in [-0.39, 0.29) is 11.8 Å². The van der Waals surface area contributed by atoms with Gasteiger partial charge in [0.2, 0.25) is 0 Å². The number of carbonyl (C=O) groups excluding carboxylic acids is 1. The zero-order chi connectivity index (χ0) is 17.6. The van der Waals surface area contributed by atoms with Gasteiger partial charge in [-0.15, -0.1) is 0 Å². The van der Waals surface area contributed by atoms with Gasteiger partial charge in [0.15, 0.2) is 0 Å². The van der Waals surface area contributed by atoms with Crippen molar-refractivity contribution in [1.29, 1.82) is 0 Å². The van der Waals surface area contributed by atoms with Gasteiger partial charge >= 0.3 is 0 Å². The summed E-state index contributed by atoms with van der Waals surface area (Å²) in [4.78, 5) is 20.9. The zero-order valence-corrected chi connectivity index (χ0v) is 14.8. The molecule has 0 saturated heterocycles. The third kappa shape index (κ3) is 4.64. The van der Waals surface area contributed by atoms with Gasteiger partial charge in [0.05, 0.1) is 31.0 Å². The lowest BCUT2D eigenvalue weighted by Gasteiger charge is -2.24. The number of carbonyl (C=O) groups is 1. The van der Waals surface area contributed by atoms with Crippen LogP contribution in [0.4, 0.5) is 0 Å². The Morgan fingerprint density at radius 2 is 2.20 bits per heavy atom. The summed E-state index contributed by atoms with van der Waals surface area (Å²) < 4.78 is 7.81. The Balaban J connectivity index is 1.69. The number of hydrogen-bond acceptors (Lipinski definition) is 5. The molecule has 3 rings (SSSR count). The molecule has 1 amide bonds. The van der Waals surface area contributed by atoms with Crippen molar-refractivity contribution in [2.75, 3.05) is 40.4 Å². The predicted octanol–water partition coefficient (Wildman–Crippen LogP) is 1.13. The summed E-state index contributed by atoms with van der Waals surface area (Å²) in [5.41, 5.74) is 1.66. The first-order valence-corrected chi connectivity index (χ1v) is 8.56. The van der Waals surface area contributed by atoms with Crippen molar-refractivity contribution in [3.8, 4) is 0 Å². The highest BCUT2D eigenvalue weighted by molar-refractivity contribution is 5.93. The molecule has 2 aromatic rings. The van der Waals surface area contributed by atoms with E-state index in [0.717, 1.165) is 18.8 Å². The summed E-state index contributed by atoms with van der Waals surface area (Å²) in [6.45, 7) is 4.16. The van der Waals surface area contributed by atoms with Crippen molar-refractivity contribution in [3.05, 3.63) is 48.0 Å². The van der Waals surface area contributed by atoms with Crippen molar-refractivity contribution >= 4 is 5.91 Å². The molecular formula is C18H25N5O2. The third-order valence-corrected chi connectivity index (χ3v) is 4.30. The van der Waals surface area contributed by atoms with Gasteiger partial charge in [-0.2, -0.15) is 5.10 Å². The summed E-state index contributed by atoms with van der Waals surface area (Å²) >= 11 is 0. The van der Waals surface area contributed by atoms with Gasteiger partial charge in [0.1, 0.15) is 0 Å². The van der Waals surface area contributed by atoms with Crippen LogP contribution in [0.3, 0.4) is 0 Å². The van der Waals surface area contributed by atoms with Gasteiger partial charge in [-0.1, -0.05) is 0 Å². The SMILES string of the molecule is CN(C)CCOC[C@@H]1CN(C(=O)c2cccnc2)Cc2ccnn2C1. The molecule has 1 aliphatic heterocycles. The lowest BCUT2D eigenvalue weighted by atomic mass is 10.1. The monoisotopic (exact) mass is 343 g/mol. The van der Waals surface area contributed by atoms with E-state index in [9.17, 15) is 4.79 Å². The van der Waals surface area contributed by atoms with Crippen LogP contribution in [0.1, 0.15) is 16.1 Å². The van der Waals surface area contributed by atoms with Crippen LogP contribution in [-0.2, 0) is 17.8 Å². The molecule has 0 aromatic carbocycles. The quantitative estimate of drug-likeness (QED) is 0.736. The molecule has 0 bridgehead atoms. The van der Waals surface area contributed by atoms with Gasteiger partial charge in [-0.25, -0.2) is 0 Å². The van der Waals surface area contributed by atoms with Crippen LogP contribution in [0.5, 0.6) is 0 Å². The Kier molecular flexibility index (Phi) is 5.78. The lowest BCUT2D eigenvalue weighted by Crippen LogP contribution is -2.35. The molecule has 7 heteroatoms. The molecule has 1 atom stereocenters. The highest BCUT2D eigenvalue weighted by atomic mass is 16.5. The maximum absolute atomic E-state index is 12.9. The van der Waals surface area contributed by atoms with Crippen LogP contribution in [0, 0.1) is 5.92 Å². The Morgan fingerprint density at radius 3 is 2.96 bits per heavy atom. The lowest BCUT2D eigenvalue weighted by molar-refractivity contribution is 0.0560. The van der Waals surface area contributed by atoms with Crippen LogP contribution in [0.15, 0.2) is 36.8 Å². The normalized spacial score (nSPS) is 17.4. The largest absolute Gasteiger partial charge is 0.380 e. The van der Waals surface area contributed by atoms with Crippen molar-refractivity contribution < 1.29 is 9.53 Å². The molecule has 3 heterocycles. The topological polar surface area (TPSA) is 63.5 Å². The van der Waals surface area contributed by atoms with Gasteiger partial charge < -0.3 is 14.5 Å². The number of amides is 1. The minimum Gasteiger partial charge on any atom is -0.380 e. The summed E-state index contributed by atoms with van der Waals surface area (Å²) in [7, 11) is 4.05. The Morgan fingerprint density at radius 1 is 1.32 bits per heavy atom. The van der Waals surface area contributed by atoms with E-state index in [1.807, 2.05) is 29.7 Å². The van der Waals surface area contributed by atoms with Gasteiger partial charge in [-0.05, 0) is 32.3 Å². The van der Waals surface area contributed by atoms with E-state index in [2.05, 4.69) is 15.0 Å². The fourth-order valence-corrected chi connectivity index (χ4v) is 2.96. The summed E-state index contributed by atoms with van der Waals surface area (Å²) in [5.74, 6) is 0.213. The molecule has 0 unspecified atom stereocenters. The number of likely N-dealkylation sites (N-methyl/N-ethyl adjacent to an activating group) is 1. The number of nitrogens with zero attached hydrogens (tertiary/aromatic N) is 5. The predicted molar refractivity (Wildman–Crippen MR) is 94.1 cm³/mol. The van der Waals surface area contributed by atoms with Crippen molar-refractivity contribution in [2.45, 2.75) is 13.1 Å². The molecule has 2 aromatic heterocycles. The highest BCUT2D eigenvalue weighted by Gasteiger charge is 2.26. The second kappa shape index (κ2) is 8.22. The molecule has 0 radical (unpaired) electrons. The Labute approximate surface area is 148 Å². The molecule has 0 fully saturated rings. The summed E-state index contributed by atoms with van der Waals surface area (Å²) in [5, 5.41) is 4.39. The first kappa shape index (κ1) is 17.6. The summed E-state index contributed by atoms with van der Waals surface area (Å²) in [6, 6.07) is 5.57. The number of ether oxygens (including phenoxy) is 1. The van der Waals surface area contributed by atoms with Crippen molar-refractivity contribution in [2.24, 2.45) is 5.92 Å². The van der Waals surface area contributed by atoms with Crippen molar-refractivity contribution in [1.82, 2.24) is 24.6 Å². The third-order valence-electron chi connectivity index (χ3n) is 4.30. The zero-order valence-electron chi connectivity index (χ0n) is 14.8. The number of rotatable bonds is 6. The van der Waals surface area contributed by atoms with Crippen molar-refractivity contribution in [3.63, 3.8) is 0 Å². The molecule has 0 saturated carbocycles. The number of pyridine rings is 1. The van der Waals surface area contributed by atoms with Gasteiger partial charge in [0.25, 0.3) is 5.91 Å².